The minimum atomic E-state index is -0.309. The van der Waals surface area contributed by atoms with Gasteiger partial charge in [0.15, 0.2) is 0 Å². The summed E-state index contributed by atoms with van der Waals surface area (Å²) in [5.41, 5.74) is 2.02. The van der Waals surface area contributed by atoms with E-state index in [4.69, 9.17) is 0 Å². The van der Waals surface area contributed by atoms with Gasteiger partial charge in [0.05, 0.1) is 12.1 Å². The highest BCUT2D eigenvalue weighted by molar-refractivity contribution is 6.41. The van der Waals surface area contributed by atoms with Crippen LogP contribution in [-0.2, 0) is 0 Å². The molecule has 0 bridgehead atoms. The number of amides is 4. The molecule has 7 rings (SSSR count). The number of benzene rings is 5. The predicted octanol–water partition coefficient (Wildman–Crippen LogP) is 7.34. The molecule has 0 fully saturated rings. The van der Waals surface area contributed by atoms with Crippen molar-refractivity contribution in [1.82, 2.24) is 9.80 Å². The molecule has 0 unspecified atom stereocenters. The van der Waals surface area contributed by atoms with Crippen molar-refractivity contribution < 1.29 is 19.2 Å². The fourth-order valence-electron chi connectivity index (χ4n) is 6.43. The Morgan fingerprint density at radius 3 is 0.925 bits per heavy atom. The first kappa shape index (κ1) is 24.7. The Kier molecular flexibility index (Phi) is 5.00. The zero-order chi connectivity index (χ0) is 28.4. The van der Waals surface area contributed by atoms with E-state index in [1.54, 1.807) is 24.3 Å². The standard InChI is InChI=1S/C34H28N2O4/c1-15(2)17(5)35-31(37)23-11-7-19-21-9-13-25-30-26(34(40)36(33(25)39)18(6)16(3)4)14-10-22(28(21)30)20-8-12-24(32(35)38)29(23)27(19)20/h7-16H,1-6H3. The van der Waals surface area contributed by atoms with E-state index in [1.807, 2.05) is 65.8 Å². The molecule has 0 aliphatic carbocycles. The SMILES string of the molecule is C[C](C(C)C)N1C(=O)c2ccc3c4ccc5c6c(ccc(c7ccc(c2c37)C1=O)c64)C(=O)N([C](C)C(C)C)C5=O. The fraction of sp³-hybridized carbons (Fsp3) is 0.235. The normalized spacial score (nSPS) is 15.8. The van der Waals surface area contributed by atoms with Crippen LogP contribution in [0.4, 0.5) is 0 Å². The maximum atomic E-state index is 13.7. The van der Waals surface area contributed by atoms with Crippen LogP contribution in [0.3, 0.4) is 0 Å². The van der Waals surface area contributed by atoms with Gasteiger partial charge in [0.25, 0.3) is 23.6 Å². The van der Waals surface area contributed by atoms with Crippen LogP contribution in [0.2, 0.25) is 0 Å². The molecule has 2 radical (unpaired) electrons. The summed E-state index contributed by atoms with van der Waals surface area (Å²) >= 11 is 0. The van der Waals surface area contributed by atoms with Gasteiger partial charge in [-0.2, -0.15) is 0 Å². The molecule has 0 saturated heterocycles. The van der Waals surface area contributed by atoms with Gasteiger partial charge in [-0.25, -0.2) is 0 Å². The van der Waals surface area contributed by atoms with Gasteiger partial charge in [0, 0.05) is 33.0 Å². The van der Waals surface area contributed by atoms with Crippen molar-refractivity contribution in [2.45, 2.75) is 41.5 Å². The van der Waals surface area contributed by atoms with Crippen molar-refractivity contribution in [2.24, 2.45) is 11.8 Å². The summed E-state index contributed by atoms with van der Waals surface area (Å²) in [5, 5.41) is 6.58. The molecular formula is C34H28N2O4. The first-order valence-corrected chi connectivity index (χ1v) is 13.7. The Labute approximate surface area is 231 Å². The van der Waals surface area contributed by atoms with Gasteiger partial charge in [-0.1, -0.05) is 52.0 Å². The zero-order valence-electron chi connectivity index (χ0n) is 23.3. The molecular weight excluding hydrogens is 500 g/mol. The molecule has 6 nitrogen and oxygen atoms in total. The number of fused-ring (bicyclic) bond motifs is 2. The molecule has 4 amide bonds. The average molecular weight is 529 g/mol. The van der Waals surface area contributed by atoms with Crippen LogP contribution < -0.4 is 0 Å². The van der Waals surface area contributed by atoms with Crippen LogP contribution >= 0.6 is 0 Å². The summed E-state index contributed by atoms with van der Waals surface area (Å²) in [6, 6.07) is 16.4. The molecule has 0 spiro atoms. The van der Waals surface area contributed by atoms with Crippen molar-refractivity contribution in [2.75, 3.05) is 0 Å². The van der Waals surface area contributed by atoms with E-state index in [9.17, 15) is 19.2 Å². The number of carbonyl (C=O) groups excluding carboxylic acids is 4. The minimum absolute atomic E-state index is 0.0390. The first-order chi connectivity index (χ1) is 19.0. The van der Waals surface area contributed by atoms with E-state index >= 15 is 0 Å². The van der Waals surface area contributed by atoms with E-state index in [-0.39, 0.29) is 35.5 Å². The lowest BCUT2D eigenvalue weighted by molar-refractivity contribution is 0.0587. The lowest BCUT2D eigenvalue weighted by Gasteiger charge is -2.34. The van der Waals surface area contributed by atoms with Gasteiger partial charge in [-0.05, 0) is 82.3 Å². The molecule has 5 aromatic rings. The number of hydrogen-bond donors (Lipinski definition) is 0. The molecule has 2 aliphatic rings. The molecule has 2 aliphatic heterocycles. The molecule has 0 N–H and O–H groups in total. The Morgan fingerprint density at radius 2 is 0.700 bits per heavy atom. The number of rotatable bonds is 4. The molecule has 5 aromatic carbocycles. The molecule has 198 valence electrons. The summed E-state index contributed by atoms with van der Waals surface area (Å²) < 4.78 is 0. The van der Waals surface area contributed by atoms with Crippen LogP contribution in [0.1, 0.15) is 83.0 Å². The van der Waals surface area contributed by atoms with E-state index < -0.39 is 0 Å². The Morgan fingerprint density at radius 1 is 0.450 bits per heavy atom. The smallest absolute Gasteiger partial charge is 0.261 e. The highest BCUT2D eigenvalue weighted by atomic mass is 16.2. The number of hydrogen-bond acceptors (Lipinski definition) is 4. The quantitative estimate of drug-likeness (QED) is 0.139. The third kappa shape index (κ3) is 2.88. The van der Waals surface area contributed by atoms with Crippen LogP contribution in [-0.4, -0.2) is 33.4 Å². The van der Waals surface area contributed by atoms with Gasteiger partial charge in [0.2, 0.25) is 0 Å². The number of nitrogens with zero attached hydrogens (tertiary/aromatic N) is 2. The molecule has 40 heavy (non-hydrogen) atoms. The monoisotopic (exact) mass is 528 g/mol. The summed E-state index contributed by atoms with van der Waals surface area (Å²) in [6.45, 7) is 11.5. The highest BCUT2D eigenvalue weighted by Crippen LogP contribution is 2.47. The van der Waals surface area contributed by atoms with E-state index in [1.165, 1.54) is 9.80 Å². The van der Waals surface area contributed by atoms with E-state index in [0.717, 1.165) is 32.3 Å². The van der Waals surface area contributed by atoms with Gasteiger partial charge < -0.3 is 0 Å². The van der Waals surface area contributed by atoms with Crippen molar-refractivity contribution >= 4 is 66.7 Å². The number of imide groups is 2. The highest BCUT2D eigenvalue weighted by Gasteiger charge is 2.40. The molecule has 0 aromatic heterocycles. The minimum Gasteiger partial charge on any atom is -0.269 e. The molecule has 0 saturated carbocycles. The Balaban J connectivity index is 1.56. The van der Waals surface area contributed by atoms with Gasteiger partial charge in [-0.15, -0.1) is 0 Å². The second-order valence-corrected chi connectivity index (χ2v) is 11.6. The van der Waals surface area contributed by atoms with Gasteiger partial charge in [-0.3, -0.25) is 29.0 Å². The average Bonchev–Trinajstić information content (AvgIpc) is 2.93. The summed E-state index contributed by atoms with van der Waals surface area (Å²) in [7, 11) is 0. The van der Waals surface area contributed by atoms with Crippen LogP contribution in [0.15, 0.2) is 48.5 Å². The van der Waals surface area contributed by atoms with E-state index in [2.05, 4.69) is 0 Å². The third-order valence-corrected chi connectivity index (χ3v) is 9.01. The van der Waals surface area contributed by atoms with Crippen LogP contribution in [0.25, 0.3) is 43.1 Å². The second-order valence-electron chi connectivity index (χ2n) is 11.6. The predicted molar refractivity (Wildman–Crippen MR) is 156 cm³/mol. The van der Waals surface area contributed by atoms with Crippen molar-refractivity contribution in [3.63, 3.8) is 0 Å². The Bertz CT molecular complexity index is 1720. The van der Waals surface area contributed by atoms with Crippen molar-refractivity contribution in [1.29, 1.82) is 0 Å². The van der Waals surface area contributed by atoms with Gasteiger partial charge >= 0.3 is 0 Å². The van der Waals surface area contributed by atoms with Gasteiger partial charge in [0.1, 0.15) is 0 Å². The lowest BCUT2D eigenvalue weighted by atomic mass is 9.81. The summed E-state index contributed by atoms with van der Waals surface area (Å²) in [4.78, 5) is 57.3. The maximum absolute atomic E-state index is 13.7. The summed E-state index contributed by atoms with van der Waals surface area (Å²) in [5.74, 6) is -1.16. The van der Waals surface area contributed by atoms with Crippen molar-refractivity contribution in [3.05, 3.63) is 82.9 Å². The number of carbonyl (C=O) groups is 4. The zero-order valence-corrected chi connectivity index (χ0v) is 23.3. The largest absolute Gasteiger partial charge is 0.269 e. The van der Waals surface area contributed by atoms with Crippen LogP contribution in [0, 0.1) is 23.9 Å². The lowest BCUT2D eigenvalue weighted by Crippen LogP contribution is -2.43. The maximum Gasteiger partial charge on any atom is 0.261 e. The third-order valence-electron chi connectivity index (χ3n) is 9.01. The topological polar surface area (TPSA) is 74.8 Å². The fourth-order valence-corrected chi connectivity index (χ4v) is 6.43. The van der Waals surface area contributed by atoms with Crippen LogP contribution in [0.5, 0.6) is 0 Å². The van der Waals surface area contributed by atoms with Crippen molar-refractivity contribution in [3.8, 4) is 0 Å². The second kappa shape index (κ2) is 8.10. The molecule has 0 atom stereocenters. The molecule has 2 heterocycles. The summed E-state index contributed by atoms with van der Waals surface area (Å²) in [6.07, 6.45) is 0. The molecule has 6 heteroatoms. The first-order valence-electron chi connectivity index (χ1n) is 13.7. The Hall–Kier alpha value is -4.32. The van der Waals surface area contributed by atoms with E-state index in [0.29, 0.717) is 45.1 Å².